The van der Waals surface area contributed by atoms with Crippen molar-refractivity contribution in [3.63, 3.8) is 0 Å². The summed E-state index contributed by atoms with van der Waals surface area (Å²) in [6, 6.07) is 20.1. The zero-order chi connectivity index (χ0) is 20.1. The van der Waals surface area contributed by atoms with Gasteiger partial charge in [-0.05, 0) is 55.1 Å². The Morgan fingerprint density at radius 1 is 0.897 bits per heavy atom. The Balaban J connectivity index is 1.57. The average Bonchev–Trinajstić information content (AvgIpc) is 2.79. The highest BCUT2D eigenvalue weighted by Crippen LogP contribution is 2.40. The Morgan fingerprint density at radius 2 is 1.55 bits per heavy atom. The Morgan fingerprint density at radius 3 is 2.24 bits per heavy atom. The molecule has 2 aliphatic rings. The molecular formula is C26H29NO2. The van der Waals surface area contributed by atoms with E-state index in [1.807, 2.05) is 48.5 Å². The first-order chi connectivity index (χ1) is 14.2. The van der Waals surface area contributed by atoms with E-state index in [-0.39, 0.29) is 17.5 Å². The quantitative estimate of drug-likeness (QED) is 0.663. The summed E-state index contributed by atoms with van der Waals surface area (Å²) in [6.45, 7) is 2.93. The molecule has 0 amide bonds. The van der Waals surface area contributed by atoms with Crippen LogP contribution >= 0.6 is 0 Å². The molecule has 1 fully saturated rings. The van der Waals surface area contributed by atoms with Crippen LogP contribution in [-0.4, -0.2) is 36.1 Å². The first-order valence-electron chi connectivity index (χ1n) is 10.8. The SMILES string of the molecule is O=C1C=C(c2ccccc2)CC(c2ccccc2)C1C(=O)CCN1CCCCC1. The van der Waals surface area contributed by atoms with Crippen molar-refractivity contribution in [1.82, 2.24) is 4.90 Å². The molecule has 1 aliphatic heterocycles. The molecule has 1 aliphatic carbocycles. The third-order valence-corrected chi connectivity index (χ3v) is 6.31. The third-order valence-electron chi connectivity index (χ3n) is 6.31. The number of nitrogens with zero attached hydrogens (tertiary/aromatic N) is 1. The third kappa shape index (κ3) is 4.73. The Kier molecular flexibility index (Phi) is 6.36. The van der Waals surface area contributed by atoms with E-state index in [1.54, 1.807) is 6.08 Å². The summed E-state index contributed by atoms with van der Waals surface area (Å²) in [4.78, 5) is 28.7. The highest BCUT2D eigenvalue weighted by Gasteiger charge is 2.38. The lowest BCUT2D eigenvalue weighted by Crippen LogP contribution is -2.36. The molecule has 0 radical (unpaired) electrons. The average molecular weight is 388 g/mol. The molecule has 0 N–H and O–H groups in total. The molecule has 4 rings (SSSR count). The predicted molar refractivity (Wildman–Crippen MR) is 117 cm³/mol. The lowest BCUT2D eigenvalue weighted by molar-refractivity contribution is -0.131. The van der Waals surface area contributed by atoms with E-state index in [2.05, 4.69) is 17.0 Å². The minimum Gasteiger partial charge on any atom is -0.303 e. The monoisotopic (exact) mass is 387 g/mol. The maximum absolute atomic E-state index is 13.2. The molecule has 2 unspecified atom stereocenters. The Bertz CT molecular complexity index is 866. The topological polar surface area (TPSA) is 37.4 Å². The number of ketones is 2. The van der Waals surface area contributed by atoms with Crippen LogP contribution in [-0.2, 0) is 9.59 Å². The zero-order valence-corrected chi connectivity index (χ0v) is 16.9. The van der Waals surface area contributed by atoms with Gasteiger partial charge in [-0.1, -0.05) is 67.1 Å². The minimum atomic E-state index is -0.561. The van der Waals surface area contributed by atoms with Crippen LogP contribution in [0.3, 0.4) is 0 Å². The van der Waals surface area contributed by atoms with Gasteiger partial charge in [0.25, 0.3) is 0 Å². The number of hydrogen-bond donors (Lipinski definition) is 0. The lowest BCUT2D eigenvalue weighted by atomic mass is 9.71. The molecule has 3 nitrogen and oxygen atoms in total. The number of allylic oxidation sites excluding steroid dienone is 2. The van der Waals surface area contributed by atoms with E-state index in [0.717, 1.165) is 42.8 Å². The molecule has 150 valence electrons. The van der Waals surface area contributed by atoms with Gasteiger partial charge in [0.1, 0.15) is 5.78 Å². The molecule has 1 heterocycles. The van der Waals surface area contributed by atoms with Crippen LogP contribution in [0.2, 0.25) is 0 Å². The maximum atomic E-state index is 13.2. The number of hydrogen-bond acceptors (Lipinski definition) is 3. The summed E-state index contributed by atoms with van der Waals surface area (Å²) in [5.74, 6) is -0.585. The minimum absolute atomic E-state index is 0.0346. The van der Waals surface area contributed by atoms with Crippen LogP contribution in [0.25, 0.3) is 5.57 Å². The molecule has 0 bridgehead atoms. The molecule has 3 heteroatoms. The van der Waals surface area contributed by atoms with Crippen LogP contribution in [0.1, 0.15) is 49.1 Å². The van der Waals surface area contributed by atoms with Crippen LogP contribution in [0.4, 0.5) is 0 Å². The summed E-state index contributed by atoms with van der Waals surface area (Å²) in [6.07, 6.45) is 6.62. The van der Waals surface area contributed by atoms with E-state index in [9.17, 15) is 9.59 Å². The Labute approximate surface area is 173 Å². The van der Waals surface area contributed by atoms with Crippen molar-refractivity contribution in [2.24, 2.45) is 5.92 Å². The number of carbonyl (C=O) groups is 2. The zero-order valence-electron chi connectivity index (χ0n) is 16.9. The maximum Gasteiger partial charge on any atom is 0.167 e. The lowest BCUT2D eigenvalue weighted by Gasteiger charge is -2.31. The van der Waals surface area contributed by atoms with Gasteiger partial charge in [-0.25, -0.2) is 0 Å². The van der Waals surface area contributed by atoms with E-state index in [4.69, 9.17) is 0 Å². The Hall–Kier alpha value is -2.52. The number of piperidine rings is 1. The van der Waals surface area contributed by atoms with Gasteiger partial charge in [-0.3, -0.25) is 9.59 Å². The molecule has 0 spiro atoms. The van der Waals surface area contributed by atoms with E-state index < -0.39 is 5.92 Å². The van der Waals surface area contributed by atoms with E-state index in [1.165, 1.54) is 19.3 Å². The van der Waals surface area contributed by atoms with Gasteiger partial charge in [-0.2, -0.15) is 0 Å². The number of likely N-dealkylation sites (tertiary alicyclic amines) is 1. The van der Waals surface area contributed by atoms with Crippen molar-refractivity contribution in [3.05, 3.63) is 77.9 Å². The molecule has 0 saturated carbocycles. The van der Waals surface area contributed by atoms with Gasteiger partial charge < -0.3 is 4.90 Å². The number of benzene rings is 2. The van der Waals surface area contributed by atoms with Crippen LogP contribution < -0.4 is 0 Å². The fraction of sp³-hybridized carbons (Fsp3) is 0.385. The molecule has 1 saturated heterocycles. The van der Waals surface area contributed by atoms with Gasteiger partial charge >= 0.3 is 0 Å². The normalized spacial score (nSPS) is 22.9. The van der Waals surface area contributed by atoms with Crippen molar-refractivity contribution in [3.8, 4) is 0 Å². The van der Waals surface area contributed by atoms with Gasteiger partial charge in [0, 0.05) is 18.9 Å². The number of rotatable bonds is 6. The van der Waals surface area contributed by atoms with Crippen molar-refractivity contribution in [2.45, 2.75) is 38.0 Å². The van der Waals surface area contributed by atoms with Crippen molar-refractivity contribution < 1.29 is 9.59 Å². The van der Waals surface area contributed by atoms with Crippen molar-refractivity contribution >= 4 is 17.1 Å². The van der Waals surface area contributed by atoms with Gasteiger partial charge in [-0.15, -0.1) is 0 Å². The largest absolute Gasteiger partial charge is 0.303 e. The second kappa shape index (κ2) is 9.32. The summed E-state index contributed by atoms with van der Waals surface area (Å²) >= 11 is 0. The molecule has 2 aromatic carbocycles. The number of Topliss-reactive ketones (excluding diaryl/α,β-unsaturated/α-hetero) is 1. The van der Waals surface area contributed by atoms with E-state index >= 15 is 0 Å². The smallest absolute Gasteiger partial charge is 0.167 e. The van der Waals surface area contributed by atoms with Crippen LogP contribution in [0.5, 0.6) is 0 Å². The fourth-order valence-corrected chi connectivity index (χ4v) is 4.73. The van der Waals surface area contributed by atoms with E-state index in [0.29, 0.717) is 6.42 Å². The summed E-state index contributed by atoms with van der Waals surface area (Å²) in [5.41, 5.74) is 3.18. The number of carbonyl (C=O) groups excluding carboxylic acids is 2. The molecule has 0 aromatic heterocycles. The summed E-state index contributed by atoms with van der Waals surface area (Å²) in [5, 5.41) is 0. The van der Waals surface area contributed by atoms with Crippen LogP contribution in [0, 0.1) is 5.92 Å². The molecule has 29 heavy (non-hydrogen) atoms. The fourth-order valence-electron chi connectivity index (χ4n) is 4.73. The first-order valence-corrected chi connectivity index (χ1v) is 10.8. The van der Waals surface area contributed by atoms with Crippen molar-refractivity contribution in [1.29, 1.82) is 0 Å². The summed E-state index contributed by atoms with van der Waals surface area (Å²) in [7, 11) is 0. The highest BCUT2D eigenvalue weighted by atomic mass is 16.1. The predicted octanol–water partition coefficient (Wildman–Crippen LogP) is 4.89. The van der Waals surface area contributed by atoms with Crippen molar-refractivity contribution in [2.75, 3.05) is 19.6 Å². The second-order valence-corrected chi connectivity index (χ2v) is 8.26. The van der Waals surface area contributed by atoms with Gasteiger partial charge in [0.15, 0.2) is 5.78 Å². The molecular weight excluding hydrogens is 358 g/mol. The molecule has 2 aromatic rings. The standard InChI is InChI=1S/C26H29NO2/c28-24(14-17-27-15-8-3-9-16-27)26-23(21-12-6-2-7-13-21)18-22(19-25(26)29)20-10-4-1-5-11-20/h1-2,4-7,10-13,19,23,26H,3,8-9,14-18H2. The highest BCUT2D eigenvalue weighted by molar-refractivity contribution is 6.12. The summed E-state index contributed by atoms with van der Waals surface area (Å²) < 4.78 is 0. The van der Waals surface area contributed by atoms with Crippen LogP contribution in [0.15, 0.2) is 66.7 Å². The molecule has 2 atom stereocenters. The van der Waals surface area contributed by atoms with Gasteiger partial charge in [0.05, 0.1) is 5.92 Å². The first kappa shape index (κ1) is 19.8. The second-order valence-electron chi connectivity index (χ2n) is 8.26. The van der Waals surface area contributed by atoms with Gasteiger partial charge in [0.2, 0.25) is 0 Å².